The maximum atomic E-state index is 13.5. The van der Waals surface area contributed by atoms with Gasteiger partial charge in [-0.05, 0) is 79.6 Å². The summed E-state index contributed by atoms with van der Waals surface area (Å²) in [4.78, 5) is 14.1. The fourth-order valence-electron chi connectivity index (χ4n) is 4.75. The highest BCUT2D eigenvalue weighted by Crippen LogP contribution is 2.48. The molecule has 1 amide bonds. The summed E-state index contributed by atoms with van der Waals surface area (Å²) >= 11 is 0. The molecule has 4 nitrogen and oxygen atoms in total. The van der Waals surface area contributed by atoms with Crippen LogP contribution >= 0.6 is 0 Å². The van der Waals surface area contributed by atoms with Gasteiger partial charge >= 0.3 is 24.6 Å². The smallest absolute Gasteiger partial charge is 0.416 e. The van der Waals surface area contributed by atoms with Crippen LogP contribution in [-0.2, 0) is 29.8 Å². The third kappa shape index (κ3) is 6.02. The van der Waals surface area contributed by atoms with E-state index in [0.29, 0.717) is 12.1 Å². The second-order valence-electron chi connectivity index (χ2n) is 9.33. The molecule has 1 aliphatic heterocycles. The van der Waals surface area contributed by atoms with Crippen molar-refractivity contribution in [2.75, 3.05) is 11.5 Å². The van der Waals surface area contributed by atoms with E-state index in [-0.39, 0.29) is 41.8 Å². The maximum absolute atomic E-state index is 13.5. The van der Waals surface area contributed by atoms with Gasteiger partial charge in [-0.15, -0.1) is 0 Å². The first-order valence-corrected chi connectivity index (χ1v) is 11.8. The Morgan fingerprint density at radius 3 is 1.97 bits per heavy atom. The van der Waals surface area contributed by atoms with Gasteiger partial charge in [-0.2, -0.15) is 39.5 Å². The molecule has 1 aliphatic carbocycles. The summed E-state index contributed by atoms with van der Waals surface area (Å²) in [7, 11) is 0. The monoisotopic (exact) mass is 554 g/mol. The second-order valence-corrected chi connectivity index (χ2v) is 9.33. The molecule has 0 saturated heterocycles. The number of alkyl halides is 9. The molecule has 2 unspecified atom stereocenters. The summed E-state index contributed by atoms with van der Waals surface area (Å²) in [5, 5.41) is 2.85. The molecule has 2 atom stereocenters. The second kappa shape index (κ2) is 9.97. The maximum Gasteiger partial charge on any atom is 0.416 e. The summed E-state index contributed by atoms with van der Waals surface area (Å²) < 4.78 is 125. The molecule has 2 aromatic carbocycles. The fraction of sp³-hybridized carbons (Fsp3) is 0.480. The zero-order valence-electron chi connectivity index (χ0n) is 19.9. The Morgan fingerprint density at radius 2 is 1.47 bits per heavy atom. The number of nitrogens with one attached hydrogen (secondary N) is 1. The van der Waals surface area contributed by atoms with Crippen molar-refractivity contribution in [3.05, 3.63) is 64.2 Å². The van der Waals surface area contributed by atoms with Crippen LogP contribution in [0.3, 0.4) is 0 Å². The Hall–Kier alpha value is -2.96. The van der Waals surface area contributed by atoms with Crippen LogP contribution in [0.4, 0.5) is 50.0 Å². The van der Waals surface area contributed by atoms with E-state index >= 15 is 0 Å². The number of ether oxygens (including phenoxy) is 1. The van der Waals surface area contributed by atoms with Crippen LogP contribution in [0.1, 0.15) is 60.0 Å². The van der Waals surface area contributed by atoms with Gasteiger partial charge in [-0.3, -0.25) is 4.90 Å². The lowest BCUT2D eigenvalue weighted by Gasteiger charge is -2.41. The van der Waals surface area contributed by atoms with Gasteiger partial charge in [-0.25, -0.2) is 4.79 Å². The lowest BCUT2D eigenvalue weighted by atomic mass is 9.87. The lowest BCUT2D eigenvalue weighted by Crippen LogP contribution is -2.48. The molecule has 0 aromatic heterocycles. The van der Waals surface area contributed by atoms with E-state index in [4.69, 9.17) is 4.74 Å². The van der Waals surface area contributed by atoms with E-state index < -0.39 is 59.9 Å². The van der Waals surface area contributed by atoms with Crippen LogP contribution < -0.4 is 10.2 Å². The minimum Gasteiger partial charge on any atom is -0.449 e. The van der Waals surface area contributed by atoms with Crippen molar-refractivity contribution in [2.45, 2.75) is 63.3 Å². The SMILES string of the molecule is CCOC(=O)N1c2ccc(C(F)(F)F)cc2C(NCc2cc(C(F)(F)F)cc(C(F)(F)F)c2)CC1C1CC1. The average Bonchev–Trinajstić information content (AvgIpc) is 3.65. The number of nitrogens with zero attached hydrogens (tertiary/aromatic N) is 1. The number of anilines is 1. The lowest BCUT2D eigenvalue weighted by molar-refractivity contribution is -0.143. The molecule has 0 spiro atoms. The largest absolute Gasteiger partial charge is 0.449 e. The van der Waals surface area contributed by atoms with E-state index in [0.717, 1.165) is 31.0 Å². The number of rotatable bonds is 5. The van der Waals surface area contributed by atoms with Crippen molar-refractivity contribution < 1.29 is 49.0 Å². The number of amides is 1. The van der Waals surface area contributed by atoms with Crippen molar-refractivity contribution in [3.63, 3.8) is 0 Å². The Morgan fingerprint density at radius 1 is 0.895 bits per heavy atom. The summed E-state index contributed by atoms with van der Waals surface area (Å²) in [5.41, 5.74) is -4.12. The van der Waals surface area contributed by atoms with Crippen molar-refractivity contribution in [1.29, 1.82) is 0 Å². The number of benzene rings is 2. The first-order chi connectivity index (χ1) is 17.6. The first kappa shape index (κ1) is 28.1. The van der Waals surface area contributed by atoms with Gasteiger partial charge < -0.3 is 10.1 Å². The van der Waals surface area contributed by atoms with Gasteiger partial charge in [0.25, 0.3) is 0 Å². The highest BCUT2D eigenvalue weighted by molar-refractivity contribution is 5.90. The Kier molecular flexibility index (Phi) is 7.36. The highest BCUT2D eigenvalue weighted by Gasteiger charge is 2.45. The summed E-state index contributed by atoms with van der Waals surface area (Å²) in [6, 6.07) is 2.60. The van der Waals surface area contributed by atoms with Crippen LogP contribution in [0.2, 0.25) is 0 Å². The Bertz CT molecular complexity index is 1150. The highest BCUT2D eigenvalue weighted by atomic mass is 19.4. The van der Waals surface area contributed by atoms with Gasteiger partial charge in [0, 0.05) is 18.6 Å². The standard InChI is InChI=1S/C25H23F9N2O2/c1-2-38-22(37)36-20-6-5-15(23(26,27)28)10-18(20)19(11-21(36)14-3-4-14)35-12-13-7-16(24(29,30)31)9-17(8-13)25(32,33)34/h5-10,14,19,21,35H,2-4,11-12H2,1H3. The van der Waals surface area contributed by atoms with E-state index in [2.05, 4.69) is 5.32 Å². The van der Waals surface area contributed by atoms with E-state index in [1.54, 1.807) is 6.92 Å². The van der Waals surface area contributed by atoms with Crippen LogP contribution in [-0.4, -0.2) is 18.7 Å². The molecule has 1 heterocycles. The van der Waals surface area contributed by atoms with E-state index in [9.17, 15) is 44.3 Å². The van der Waals surface area contributed by atoms with Gasteiger partial charge in [-0.1, -0.05) is 0 Å². The molecule has 2 aromatic rings. The predicted octanol–water partition coefficient (Wildman–Crippen LogP) is 7.72. The third-order valence-corrected chi connectivity index (χ3v) is 6.63. The van der Waals surface area contributed by atoms with Gasteiger partial charge in [0.1, 0.15) is 0 Å². The summed E-state index contributed by atoms with van der Waals surface area (Å²) in [6.45, 7) is 1.13. The number of fused-ring (bicyclic) bond motifs is 1. The number of hydrogen-bond donors (Lipinski definition) is 1. The van der Waals surface area contributed by atoms with Crippen molar-refractivity contribution in [2.24, 2.45) is 5.92 Å². The molecular weight excluding hydrogens is 531 g/mol. The third-order valence-electron chi connectivity index (χ3n) is 6.63. The molecule has 1 saturated carbocycles. The minimum absolute atomic E-state index is 0.00929. The number of hydrogen-bond acceptors (Lipinski definition) is 3. The quantitative estimate of drug-likeness (QED) is 0.385. The molecular formula is C25H23F9N2O2. The predicted molar refractivity (Wildman–Crippen MR) is 118 cm³/mol. The molecule has 1 N–H and O–H groups in total. The van der Waals surface area contributed by atoms with Gasteiger partial charge in [0.2, 0.25) is 0 Å². The molecule has 1 fully saturated rings. The zero-order valence-corrected chi connectivity index (χ0v) is 19.9. The molecule has 38 heavy (non-hydrogen) atoms. The Balaban J connectivity index is 1.72. The zero-order chi connectivity index (χ0) is 28.0. The van der Waals surface area contributed by atoms with Crippen LogP contribution in [0.5, 0.6) is 0 Å². The fourth-order valence-corrected chi connectivity index (χ4v) is 4.75. The van der Waals surface area contributed by atoms with Crippen LogP contribution in [0, 0.1) is 5.92 Å². The van der Waals surface area contributed by atoms with Crippen molar-refractivity contribution in [1.82, 2.24) is 5.32 Å². The Labute approximate surface area is 211 Å². The topological polar surface area (TPSA) is 41.6 Å². The molecule has 0 radical (unpaired) electrons. The first-order valence-electron chi connectivity index (χ1n) is 11.8. The number of halogens is 9. The van der Waals surface area contributed by atoms with Gasteiger partial charge in [0.05, 0.1) is 29.0 Å². The van der Waals surface area contributed by atoms with Crippen molar-refractivity contribution in [3.8, 4) is 0 Å². The minimum atomic E-state index is -5.04. The van der Waals surface area contributed by atoms with Crippen LogP contribution in [0.15, 0.2) is 36.4 Å². The average molecular weight is 554 g/mol. The number of carbonyl (C=O) groups excluding carboxylic acids is 1. The normalized spacial score (nSPS) is 20.3. The van der Waals surface area contributed by atoms with E-state index in [1.165, 1.54) is 4.90 Å². The molecule has 208 valence electrons. The summed E-state index contributed by atoms with van der Waals surface area (Å²) in [6.07, 6.45) is -13.9. The van der Waals surface area contributed by atoms with Crippen molar-refractivity contribution >= 4 is 11.8 Å². The summed E-state index contributed by atoms with van der Waals surface area (Å²) in [5.74, 6) is 0.0320. The number of carbonyl (C=O) groups is 1. The molecule has 13 heteroatoms. The molecule has 0 bridgehead atoms. The molecule has 2 aliphatic rings. The van der Waals surface area contributed by atoms with Crippen LogP contribution in [0.25, 0.3) is 0 Å². The molecule has 4 rings (SSSR count). The van der Waals surface area contributed by atoms with E-state index in [1.807, 2.05) is 0 Å². The van der Waals surface area contributed by atoms with Gasteiger partial charge in [0.15, 0.2) is 0 Å².